The Labute approximate surface area is 122 Å². The van der Waals surface area contributed by atoms with Crippen molar-refractivity contribution in [3.8, 4) is 5.75 Å². The number of nitrogens with zero attached hydrogens (tertiary/aromatic N) is 1. The zero-order valence-electron chi connectivity index (χ0n) is 11.8. The normalized spacial score (nSPS) is 10.2. The van der Waals surface area contributed by atoms with Crippen LogP contribution in [0.25, 0.3) is 0 Å². The molecule has 0 saturated heterocycles. The summed E-state index contributed by atoms with van der Waals surface area (Å²) in [7, 11) is 3.32. The maximum atomic E-state index is 13.7. The van der Waals surface area contributed by atoms with Gasteiger partial charge in [0.2, 0.25) is 0 Å². The topological polar surface area (TPSA) is 49.8 Å². The average molecular weight is 289 g/mol. The fraction of sp³-hybridized carbons (Fsp3) is 0.188. The highest BCUT2D eigenvalue weighted by Crippen LogP contribution is 2.24. The van der Waals surface area contributed by atoms with E-state index >= 15 is 0 Å². The van der Waals surface area contributed by atoms with E-state index in [-0.39, 0.29) is 5.56 Å². The molecule has 0 spiro atoms. The standard InChI is InChI=1S/C16H16FNO3/c1-18(10-11-6-8-12(21-2)9-7-11)14-5-3-4-13(17)15(14)16(19)20/h3-9H,10H2,1-2H3,(H,19,20). The lowest BCUT2D eigenvalue weighted by atomic mass is 10.1. The summed E-state index contributed by atoms with van der Waals surface area (Å²) in [4.78, 5) is 12.9. The summed E-state index contributed by atoms with van der Waals surface area (Å²) in [6.07, 6.45) is 0. The molecule has 0 heterocycles. The maximum Gasteiger partial charge on any atom is 0.340 e. The molecular formula is C16H16FNO3. The molecule has 0 radical (unpaired) electrons. The van der Waals surface area contributed by atoms with Crippen LogP contribution in [0.15, 0.2) is 42.5 Å². The summed E-state index contributed by atoms with van der Waals surface area (Å²) < 4.78 is 18.8. The Hall–Kier alpha value is -2.56. The van der Waals surface area contributed by atoms with Crippen LogP contribution in [-0.2, 0) is 6.54 Å². The Kier molecular flexibility index (Phi) is 4.42. The molecule has 2 aromatic carbocycles. The Morgan fingerprint density at radius 1 is 1.24 bits per heavy atom. The predicted molar refractivity (Wildman–Crippen MR) is 78.5 cm³/mol. The second kappa shape index (κ2) is 6.26. The number of carbonyl (C=O) groups is 1. The van der Waals surface area contributed by atoms with Crippen molar-refractivity contribution in [3.05, 3.63) is 59.4 Å². The number of ether oxygens (including phenoxy) is 1. The molecule has 2 aromatic rings. The fourth-order valence-corrected chi connectivity index (χ4v) is 2.13. The molecule has 0 unspecified atom stereocenters. The SMILES string of the molecule is COc1ccc(CN(C)c2cccc(F)c2C(=O)O)cc1. The Balaban J connectivity index is 2.25. The van der Waals surface area contributed by atoms with Crippen LogP contribution in [0.1, 0.15) is 15.9 Å². The number of rotatable bonds is 5. The van der Waals surface area contributed by atoms with Crippen LogP contribution in [0, 0.1) is 5.82 Å². The van der Waals surface area contributed by atoms with Crippen molar-refractivity contribution in [1.82, 2.24) is 0 Å². The van der Waals surface area contributed by atoms with Gasteiger partial charge >= 0.3 is 5.97 Å². The van der Waals surface area contributed by atoms with Gasteiger partial charge in [-0.1, -0.05) is 18.2 Å². The van der Waals surface area contributed by atoms with Gasteiger partial charge in [-0.3, -0.25) is 0 Å². The summed E-state index contributed by atoms with van der Waals surface area (Å²) in [6.45, 7) is 0.466. The third-order valence-electron chi connectivity index (χ3n) is 3.20. The van der Waals surface area contributed by atoms with Gasteiger partial charge in [0.05, 0.1) is 12.8 Å². The summed E-state index contributed by atoms with van der Waals surface area (Å²) in [6, 6.07) is 11.7. The number of hydrogen-bond acceptors (Lipinski definition) is 3. The largest absolute Gasteiger partial charge is 0.497 e. The second-order valence-corrected chi connectivity index (χ2v) is 4.64. The molecule has 0 aliphatic carbocycles. The lowest BCUT2D eigenvalue weighted by Crippen LogP contribution is -2.20. The number of anilines is 1. The van der Waals surface area contributed by atoms with E-state index in [2.05, 4.69) is 0 Å². The summed E-state index contributed by atoms with van der Waals surface area (Å²) in [5.41, 5.74) is 1.01. The minimum atomic E-state index is -1.27. The first-order valence-corrected chi connectivity index (χ1v) is 6.39. The van der Waals surface area contributed by atoms with Crippen molar-refractivity contribution in [1.29, 1.82) is 0 Å². The molecule has 21 heavy (non-hydrogen) atoms. The Bertz CT molecular complexity index is 640. The quantitative estimate of drug-likeness (QED) is 0.918. The van der Waals surface area contributed by atoms with Crippen molar-refractivity contribution in [2.45, 2.75) is 6.54 Å². The van der Waals surface area contributed by atoms with Crippen LogP contribution in [0.5, 0.6) is 5.75 Å². The van der Waals surface area contributed by atoms with E-state index in [9.17, 15) is 9.18 Å². The first-order chi connectivity index (χ1) is 10.0. The van der Waals surface area contributed by atoms with Crippen molar-refractivity contribution < 1.29 is 19.0 Å². The summed E-state index contributed by atoms with van der Waals surface area (Å²) in [5.74, 6) is -1.26. The molecule has 4 nitrogen and oxygen atoms in total. The molecule has 2 rings (SSSR count). The molecule has 0 amide bonds. The number of methoxy groups -OCH3 is 1. The van der Waals surface area contributed by atoms with E-state index in [1.54, 1.807) is 25.1 Å². The van der Waals surface area contributed by atoms with Gasteiger partial charge in [0.1, 0.15) is 17.1 Å². The number of carboxylic acid groups (broad SMARTS) is 1. The van der Waals surface area contributed by atoms with Gasteiger partial charge in [-0.05, 0) is 29.8 Å². The van der Waals surface area contributed by atoms with Crippen molar-refractivity contribution in [2.75, 3.05) is 19.1 Å². The van der Waals surface area contributed by atoms with Crippen molar-refractivity contribution >= 4 is 11.7 Å². The zero-order chi connectivity index (χ0) is 15.4. The Morgan fingerprint density at radius 2 is 1.90 bits per heavy atom. The highest BCUT2D eigenvalue weighted by atomic mass is 19.1. The van der Waals surface area contributed by atoms with E-state index in [1.165, 1.54) is 6.07 Å². The van der Waals surface area contributed by atoms with Crippen LogP contribution in [0.4, 0.5) is 10.1 Å². The van der Waals surface area contributed by atoms with Gasteiger partial charge in [0, 0.05) is 13.6 Å². The third-order valence-corrected chi connectivity index (χ3v) is 3.20. The van der Waals surface area contributed by atoms with Gasteiger partial charge < -0.3 is 14.7 Å². The van der Waals surface area contributed by atoms with Crippen LogP contribution >= 0.6 is 0 Å². The van der Waals surface area contributed by atoms with Crippen LogP contribution < -0.4 is 9.64 Å². The summed E-state index contributed by atoms with van der Waals surface area (Å²) in [5, 5.41) is 9.15. The summed E-state index contributed by atoms with van der Waals surface area (Å²) >= 11 is 0. The molecule has 110 valence electrons. The molecule has 5 heteroatoms. The van der Waals surface area contributed by atoms with E-state index in [0.717, 1.165) is 17.4 Å². The number of benzene rings is 2. The van der Waals surface area contributed by atoms with Gasteiger partial charge in [-0.2, -0.15) is 0 Å². The van der Waals surface area contributed by atoms with E-state index in [1.807, 2.05) is 24.3 Å². The first kappa shape index (κ1) is 14.8. The van der Waals surface area contributed by atoms with Crippen LogP contribution in [0.2, 0.25) is 0 Å². The lowest BCUT2D eigenvalue weighted by Gasteiger charge is -2.21. The van der Waals surface area contributed by atoms with Crippen molar-refractivity contribution in [2.24, 2.45) is 0 Å². The number of carboxylic acids is 1. The maximum absolute atomic E-state index is 13.7. The highest BCUT2D eigenvalue weighted by molar-refractivity contribution is 5.94. The third kappa shape index (κ3) is 3.31. The highest BCUT2D eigenvalue weighted by Gasteiger charge is 2.18. The molecular weight excluding hydrogens is 273 g/mol. The number of halogens is 1. The number of hydrogen-bond donors (Lipinski definition) is 1. The molecule has 0 bridgehead atoms. The lowest BCUT2D eigenvalue weighted by molar-refractivity contribution is 0.0692. The van der Waals surface area contributed by atoms with Crippen molar-refractivity contribution in [3.63, 3.8) is 0 Å². The Morgan fingerprint density at radius 3 is 2.48 bits per heavy atom. The molecule has 0 atom stereocenters. The van der Waals surface area contributed by atoms with E-state index < -0.39 is 11.8 Å². The molecule has 0 fully saturated rings. The fourth-order valence-electron chi connectivity index (χ4n) is 2.13. The average Bonchev–Trinajstić information content (AvgIpc) is 2.47. The molecule has 1 N–H and O–H groups in total. The van der Waals surface area contributed by atoms with Crippen LogP contribution in [0.3, 0.4) is 0 Å². The van der Waals surface area contributed by atoms with Gasteiger partial charge in [0.25, 0.3) is 0 Å². The van der Waals surface area contributed by atoms with Gasteiger partial charge in [0.15, 0.2) is 0 Å². The van der Waals surface area contributed by atoms with Gasteiger partial charge in [-0.25, -0.2) is 9.18 Å². The monoisotopic (exact) mass is 289 g/mol. The molecule has 0 aromatic heterocycles. The predicted octanol–water partition coefficient (Wildman–Crippen LogP) is 3.17. The second-order valence-electron chi connectivity index (χ2n) is 4.64. The van der Waals surface area contributed by atoms with Gasteiger partial charge in [-0.15, -0.1) is 0 Å². The molecule has 0 saturated carbocycles. The first-order valence-electron chi connectivity index (χ1n) is 6.39. The van der Waals surface area contributed by atoms with E-state index in [0.29, 0.717) is 12.2 Å². The zero-order valence-corrected chi connectivity index (χ0v) is 11.8. The minimum Gasteiger partial charge on any atom is -0.497 e. The van der Waals surface area contributed by atoms with E-state index in [4.69, 9.17) is 9.84 Å². The minimum absolute atomic E-state index is 0.312. The van der Waals surface area contributed by atoms with Crippen LogP contribution in [-0.4, -0.2) is 25.2 Å². The smallest absolute Gasteiger partial charge is 0.340 e. The molecule has 0 aliphatic heterocycles. The number of aromatic carboxylic acids is 1. The molecule has 0 aliphatic rings.